The summed E-state index contributed by atoms with van der Waals surface area (Å²) in [6.45, 7) is 0.796. The zero-order chi connectivity index (χ0) is 9.26. The second-order valence-electron chi connectivity index (χ2n) is 2.60. The summed E-state index contributed by atoms with van der Waals surface area (Å²) < 4.78 is 28.5. The number of halogens is 1. The molecule has 0 saturated carbocycles. The van der Waals surface area contributed by atoms with E-state index in [1.54, 1.807) is 0 Å². The van der Waals surface area contributed by atoms with Crippen LogP contribution in [0.3, 0.4) is 0 Å². The molecule has 0 spiro atoms. The van der Waals surface area contributed by atoms with E-state index in [2.05, 4.69) is 0 Å². The van der Waals surface area contributed by atoms with E-state index in [1.807, 2.05) is 0 Å². The first-order chi connectivity index (χ1) is 6.33. The van der Waals surface area contributed by atoms with Crippen molar-refractivity contribution < 1.29 is 18.6 Å². The van der Waals surface area contributed by atoms with Crippen molar-refractivity contribution in [3.05, 3.63) is 17.9 Å². The molecule has 0 amide bonds. The molecule has 2 rings (SSSR count). The third kappa shape index (κ3) is 1.28. The SMILES string of the molecule is COc1ccc(F)c2c1OCCO2. The number of methoxy groups -OCH3 is 1. The Kier molecular flexibility index (Phi) is 1.96. The molecule has 70 valence electrons. The van der Waals surface area contributed by atoms with Crippen LogP contribution in [0.1, 0.15) is 0 Å². The minimum Gasteiger partial charge on any atom is -0.493 e. The maximum absolute atomic E-state index is 13.1. The van der Waals surface area contributed by atoms with Gasteiger partial charge in [-0.25, -0.2) is 4.39 Å². The monoisotopic (exact) mass is 184 g/mol. The summed E-state index contributed by atoms with van der Waals surface area (Å²) in [5.41, 5.74) is 0. The molecule has 4 heteroatoms. The fraction of sp³-hybridized carbons (Fsp3) is 0.333. The first kappa shape index (κ1) is 8.16. The molecular weight excluding hydrogens is 175 g/mol. The predicted molar refractivity (Wildman–Crippen MR) is 43.9 cm³/mol. The Hall–Kier alpha value is -1.45. The molecule has 0 atom stereocenters. The van der Waals surface area contributed by atoms with Gasteiger partial charge in [-0.1, -0.05) is 0 Å². The van der Waals surface area contributed by atoms with Crippen LogP contribution in [0.2, 0.25) is 0 Å². The van der Waals surface area contributed by atoms with Crippen molar-refractivity contribution in [2.24, 2.45) is 0 Å². The summed E-state index contributed by atoms with van der Waals surface area (Å²) in [4.78, 5) is 0. The highest BCUT2D eigenvalue weighted by molar-refractivity contribution is 5.52. The van der Waals surface area contributed by atoms with E-state index in [9.17, 15) is 4.39 Å². The first-order valence-electron chi connectivity index (χ1n) is 3.95. The lowest BCUT2D eigenvalue weighted by Gasteiger charge is -2.20. The summed E-state index contributed by atoms with van der Waals surface area (Å²) in [7, 11) is 1.51. The van der Waals surface area contributed by atoms with E-state index in [0.717, 1.165) is 0 Å². The first-order valence-corrected chi connectivity index (χ1v) is 3.95. The van der Waals surface area contributed by atoms with Crippen molar-refractivity contribution in [1.82, 2.24) is 0 Å². The molecule has 1 aromatic carbocycles. The summed E-state index contributed by atoms with van der Waals surface area (Å²) in [6.07, 6.45) is 0. The zero-order valence-electron chi connectivity index (χ0n) is 7.17. The maximum Gasteiger partial charge on any atom is 0.206 e. The van der Waals surface area contributed by atoms with Gasteiger partial charge in [-0.2, -0.15) is 0 Å². The predicted octanol–water partition coefficient (Wildman–Crippen LogP) is 1.61. The molecule has 0 fully saturated rings. The molecule has 0 saturated heterocycles. The van der Waals surface area contributed by atoms with E-state index >= 15 is 0 Å². The van der Waals surface area contributed by atoms with Crippen molar-refractivity contribution in [3.63, 3.8) is 0 Å². The van der Waals surface area contributed by atoms with Gasteiger partial charge >= 0.3 is 0 Å². The van der Waals surface area contributed by atoms with Gasteiger partial charge < -0.3 is 14.2 Å². The van der Waals surface area contributed by atoms with E-state index in [1.165, 1.54) is 19.2 Å². The van der Waals surface area contributed by atoms with Crippen molar-refractivity contribution in [2.75, 3.05) is 20.3 Å². The Labute approximate surface area is 75.0 Å². The molecule has 0 unspecified atom stereocenters. The average Bonchev–Trinajstić information content (AvgIpc) is 2.19. The van der Waals surface area contributed by atoms with Gasteiger partial charge in [0.15, 0.2) is 11.6 Å². The molecule has 0 bridgehead atoms. The van der Waals surface area contributed by atoms with Crippen molar-refractivity contribution >= 4 is 0 Å². The standard InChI is InChI=1S/C9H9FO3/c1-11-7-3-2-6(10)8-9(7)13-5-4-12-8/h2-3H,4-5H2,1H3. The van der Waals surface area contributed by atoms with E-state index in [4.69, 9.17) is 14.2 Å². The lowest BCUT2D eigenvalue weighted by atomic mass is 10.2. The fourth-order valence-corrected chi connectivity index (χ4v) is 1.24. The number of rotatable bonds is 1. The Morgan fingerprint density at radius 1 is 1.23 bits per heavy atom. The normalized spacial score (nSPS) is 14.0. The molecule has 3 nitrogen and oxygen atoms in total. The molecule has 0 radical (unpaired) electrons. The van der Waals surface area contributed by atoms with Gasteiger partial charge in [0.05, 0.1) is 7.11 Å². The second-order valence-corrected chi connectivity index (χ2v) is 2.60. The molecule has 0 N–H and O–H groups in total. The molecule has 0 aromatic heterocycles. The van der Waals surface area contributed by atoms with Crippen LogP contribution in [-0.4, -0.2) is 20.3 Å². The summed E-state index contributed by atoms with van der Waals surface area (Å²) in [5, 5.41) is 0. The molecular formula is C9H9FO3. The van der Waals surface area contributed by atoms with Gasteiger partial charge in [-0.3, -0.25) is 0 Å². The lowest BCUT2D eigenvalue weighted by Crippen LogP contribution is -2.16. The largest absolute Gasteiger partial charge is 0.493 e. The highest BCUT2D eigenvalue weighted by Gasteiger charge is 2.20. The van der Waals surface area contributed by atoms with Crippen LogP contribution in [0.5, 0.6) is 17.2 Å². The quantitative estimate of drug-likeness (QED) is 0.663. The van der Waals surface area contributed by atoms with Crippen LogP contribution >= 0.6 is 0 Å². The third-order valence-corrected chi connectivity index (χ3v) is 1.82. The molecule has 1 aliphatic heterocycles. The Morgan fingerprint density at radius 3 is 2.62 bits per heavy atom. The van der Waals surface area contributed by atoms with Crippen LogP contribution in [0.4, 0.5) is 4.39 Å². The van der Waals surface area contributed by atoms with E-state index < -0.39 is 5.82 Å². The van der Waals surface area contributed by atoms with Gasteiger partial charge in [-0.15, -0.1) is 0 Å². The van der Waals surface area contributed by atoms with E-state index in [-0.39, 0.29) is 5.75 Å². The minimum atomic E-state index is -0.421. The number of benzene rings is 1. The topological polar surface area (TPSA) is 27.7 Å². The zero-order valence-corrected chi connectivity index (χ0v) is 7.17. The van der Waals surface area contributed by atoms with Crippen molar-refractivity contribution in [3.8, 4) is 17.2 Å². The molecule has 1 heterocycles. The van der Waals surface area contributed by atoms with Crippen LogP contribution in [0.15, 0.2) is 12.1 Å². The van der Waals surface area contributed by atoms with Gasteiger partial charge in [0.1, 0.15) is 13.2 Å². The molecule has 1 aliphatic rings. The second kappa shape index (κ2) is 3.12. The fourth-order valence-electron chi connectivity index (χ4n) is 1.24. The summed E-state index contributed by atoms with van der Waals surface area (Å²) >= 11 is 0. The van der Waals surface area contributed by atoms with Gasteiger partial charge in [0.2, 0.25) is 11.5 Å². The Balaban J connectivity index is 2.52. The number of hydrogen-bond acceptors (Lipinski definition) is 3. The summed E-state index contributed by atoms with van der Waals surface area (Å²) in [5.74, 6) is 0.575. The number of fused-ring (bicyclic) bond motifs is 1. The smallest absolute Gasteiger partial charge is 0.206 e. The molecule has 13 heavy (non-hydrogen) atoms. The summed E-state index contributed by atoms with van der Waals surface area (Å²) in [6, 6.07) is 2.81. The van der Waals surface area contributed by atoms with Crippen LogP contribution in [0.25, 0.3) is 0 Å². The Morgan fingerprint density at radius 2 is 1.92 bits per heavy atom. The van der Waals surface area contributed by atoms with Gasteiger partial charge in [0, 0.05) is 0 Å². The highest BCUT2D eigenvalue weighted by Crippen LogP contribution is 2.40. The minimum absolute atomic E-state index is 0.144. The maximum atomic E-state index is 13.1. The van der Waals surface area contributed by atoms with Crippen LogP contribution < -0.4 is 14.2 Å². The molecule has 0 aliphatic carbocycles. The van der Waals surface area contributed by atoms with E-state index in [0.29, 0.717) is 24.7 Å². The average molecular weight is 184 g/mol. The lowest BCUT2D eigenvalue weighted by molar-refractivity contribution is 0.158. The van der Waals surface area contributed by atoms with Crippen molar-refractivity contribution in [1.29, 1.82) is 0 Å². The van der Waals surface area contributed by atoms with Crippen molar-refractivity contribution in [2.45, 2.75) is 0 Å². The molecule has 1 aromatic rings. The Bertz CT molecular complexity index is 325. The van der Waals surface area contributed by atoms with Gasteiger partial charge in [-0.05, 0) is 12.1 Å². The third-order valence-electron chi connectivity index (χ3n) is 1.82. The van der Waals surface area contributed by atoms with Crippen LogP contribution in [-0.2, 0) is 0 Å². The number of hydrogen-bond donors (Lipinski definition) is 0. The number of ether oxygens (including phenoxy) is 3. The van der Waals surface area contributed by atoms with Gasteiger partial charge in [0.25, 0.3) is 0 Å². The van der Waals surface area contributed by atoms with Crippen LogP contribution in [0, 0.1) is 5.82 Å². The highest BCUT2D eigenvalue weighted by atomic mass is 19.1.